The molecule has 7 nitrogen and oxygen atoms in total. The predicted molar refractivity (Wildman–Crippen MR) is 101 cm³/mol. The van der Waals surface area contributed by atoms with E-state index in [1.807, 2.05) is 13.8 Å². The zero-order valence-corrected chi connectivity index (χ0v) is 15.7. The summed E-state index contributed by atoms with van der Waals surface area (Å²) in [6, 6.07) is 8.20. The Hall–Kier alpha value is -2.45. The van der Waals surface area contributed by atoms with Crippen molar-refractivity contribution in [2.45, 2.75) is 25.2 Å². The van der Waals surface area contributed by atoms with Gasteiger partial charge >= 0.3 is 0 Å². The molecule has 2 rings (SSSR count). The van der Waals surface area contributed by atoms with E-state index in [9.17, 15) is 13.2 Å². The zero-order valence-electron chi connectivity index (χ0n) is 14.9. The van der Waals surface area contributed by atoms with Gasteiger partial charge in [0.1, 0.15) is 0 Å². The van der Waals surface area contributed by atoms with E-state index in [-0.39, 0.29) is 10.8 Å². The summed E-state index contributed by atoms with van der Waals surface area (Å²) in [4.78, 5) is 16.3. The first kappa shape index (κ1) is 19.9. The van der Waals surface area contributed by atoms with E-state index in [4.69, 9.17) is 5.14 Å². The Balaban J connectivity index is 1.90. The summed E-state index contributed by atoms with van der Waals surface area (Å²) in [5.41, 5.74) is 2.24. The molecule has 0 saturated heterocycles. The van der Waals surface area contributed by atoms with Gasteiger partial charge in [-0.15, -0.1) is 0 Å². The van der Waals surface area contributed by atoms with Crippen LogP contribution in [0.4, 0.5) is 5.69 Å². The van der Waals surface area contributed by atoms with Crippen molar-refractivity contribution >= 4 is 21.6 Å². The van der Waals surface area contributed by atoms with Crippen molar-refractivity contribution in [1.82, 2.24) is 10.3 Å². The highest BCUT2D eigenvalue weighted by atomic mass is 32.2. The smallest absolute Gasteiger partial charge is 0.252 e. The van der Waals surface area contributed by atoms with E-state index in [2.05, 4.69) is 15.6 Å². The molecule has 0 saturated carbocycles. The third kappa shape index (κ3) is 6.12. The number of nitrogens with two attached hydrogens (primary N) is 1. The zero-order chi connectivity index (χ0) is 19.2. The minimum atomic E-state index is -3.67. The van der Waals surface area contributed by atoms with Gasteiger partial charge in [0.25, 0.3) is 5.91 Å². The van der Waals surface area contributed by atoms with Crippen molar-refractivity contribution < 1.29 is 13.2 Å². The fourth-order valence-electron chi connectivity index (χ4n) is 2.26. The van der Waals surface area contributed by atoms with Crippen LogP contribution < -0.4 is 15.8 Å². The second kappa shape index (κ2) is 8.77. The van der Waals surface area contributed by atoms with Gasteiger partial charge in [-0.05, 0) is 36.1 Å². The van der Waals surface area contributed by atoms with Crippen LogP contribution in [-0.2, 0) is 16.4 Å². The number of rotatable bonds is 8. The summed E-state index contributed by atoms with van der Waals surface area (Å²) in [6.07, 6.45) is 3.88. The minimum Gasteiger partial charge on any atom is -0.383 e. The molecule has 0 aliphatic heterocycles. The Morgan fingerprint density at radius 2 is 1.88 bits per heavy atom. The lowest BCUT2D eigenvalue weighted by Crippen LogP contribution is -2.27. The highest BCUT2D eigenvalue weighted by molar-refractivity contribution is 7.89. The van der Waals surface area contributed by atoms with Crippen LogP contribution >= 0.6 is 0 Å². The molecule has 0 bridgehead atoms. The summed E-state index contributed by atoms with van der Waals surface area (Å²) in [5, 5.41) is 11.2. The number of sulfonamides is 1. The second-order valence-corrected chi connectivity index (χ2v) is 7.99. The van der Waals surface area contributed by atoms with Crippen molar-refractivity contribution in [3.8, 4) is 0 Å². The first-order valence-electron chi connectivity index (χ1n) is 8.34. The van der Waals surface area contributed by atoms with E-state index in [1.54, 1.807) is 24.4 Å². The largest absolute Gasteiger partial charge is 0.383 e. The number of aromatic nitrogens is 1. The molecule has 0 radical (unpaired) electrons. The molecule has 0 unspecified atom stereocenters. The number of amides is 1. The van der Waals surface area contributed by atoms with E-state index < -0.39 is 10.0 Å². The number of nitrogens with one attached hydrogen (secondary N) is 2. The molecule has 26 heavy (non-hydrogen) atoms. The van der Waals surface area contributed by atoms with Crippen LogP contribution in [0.3, 0.4) is 0 Å². The Kier molecular flexibility index (Phi) is 6.70. The number of primary sulfonamides is 1. The van der Waals surface area contributed by atoms with Gasteiger partial charge < -0.3 is 10.6 Å². The lowest BCUT2D eigenvalue weighted by Gasteiger charge is -2.10. The molecule has 2 aromatic rings. The minimum absolute atomic E-state index is 0.0959. The third-order valence-corrected chi connectivity index (χ3v) is 4.60. The SMILES string of the molecule is CC(C)CNC(=O)c1cncc(NCCc2ccc(S(N)(=O)=O)cc2)c1. The lowest BCUT2D eigenvalue weighted by atomic mass is 10.1. The molecule has 0 atom stereocenters. The molecule has 1 heterocycles. The van der Waals surface area contributed by atoms with Crippen LogP contribution in [0, 0.1) is 5.92 Å². The van der Waals surface area contributed by atoms with Crippen molar-refractivity contribution in [2.24, 2.45) is 11.1 Å². The summed E-state index contributed by atoms with van der Waals surface area (Å²) in [5.74, 6) is 0.238. The fourth-order valence-corrected chi connectivity index (χ4v) is 2.77. The van der Waals surface area contributed by atoms with Gasteiger partial charge in [0.2, 0.25) is 10.0 Å². The predicted octanol–water partition coefficient (Wildman–Crippen LogP) is 1.77. The van der Waals surface area contributed by atoms with Crippen LogP contribution in [0.5, 0.6) is 0 Å². The molecule has 0 aliphatic rings. The molecular weight excluding hydrogens is 352 g/mol. The van der Waals surface area contributed by atoms with Crippen LogP contribution in [0.15, 0.2) is 47.6 Å². The van der Waals surface area contributed by atoms with Gasteiger partial charge in [-0.3, -0.25) is 9.78 Å². The molecule has 1 amide bonds. The number of hydrogen-bond donors (Lipinski definition) is 3. The molecule has 0 aliphatic carbocycles. The van der Waals surface area contributed by atoms with Gasteiger partial charge in [-0.1, -0.05) is 26.0 Å². The van der Waals surface area contributed by atoms with E-state index in [0.717, 1.165) is 11.3 Å². The van der Waals surface area contributed by atoms with Gasteiger partial charge in [-0.2, -0.15) is 0 Å². The Morgan fingerprint density at radius 3 is 2.50 bits per heavy atom. The van der Waals surface area contributed by atoms with Gasteiger partial charge in [0.15, 0.2) is 0 Å². The van der Waals surface area contributed by atoms with Gasteiger partial charge in [0, 0.05) is 25.5 Å². The van der Waals surface area contributed by atoms with Crippen molar-refractivity contribution in [2.75, 3.05) is 18.4 Å². The molecule has 0 fully saturated rings. The molecule has 8 heteroatoms. The summed E-state index contributed by atoms with van der Waals surface area (Å²) < 4.78 is 22.5. The van der Waals surface area contributed by atoms with Crippen LogP contribution in [-0.4, -0.2) is 32.4 Å². The fraction of sp³-hybridized carbons (Fsp3) is 0.333. The number of benzene rings is 1. The first-order valence-corrected chi connectivity index (χ1v) is 9.89. The maximum Gasteiger partial charge on any atom is 0.252 e. The average molecular weight is 376 g/mol. The molecule has 1 aromatic heterocycles. The normalized spacial score (nSPS) is 11.4. The first-order chi connectivity index (χ1) is 12.3. The second-order valence-electron chi connectivity index (χ2n) is 6.43. The van der Waals surface area contributed by atoms with E-state index >= 15 is 0 Å². The standard InChI is InChI=1S/C18H24N4O3S/c1-13(2)10-22-18(23)15-9-16(12-20-11-15)21-8-7-14-3-5-17(6-4-14)26(19,24)25/h3-6,9,11-13,21H,7-8,10H2,1-2H3,(H,22,23)(H2,19,24,25). The number of nitrogens with zero attached hydrogens (tertiary/aromatic N) is 1. The summed E-state index contributed by atoms with van der Waals surface area (Å²) in [7, 11) is -3.67. The number of carbonyl (C=O) groups excluding carboxylic acids is 1. The van der Waals surface area contributed by atoms with Crippen molar-refractivity contribution in [1.29, 1.82) is 0 Å². The monoisotopic (exact) mass is 376 g/mol. The molecule has 4 N–H and O–H groups in total. The quantitative estimate of drug-likeness (QED) is 0.650. The van der Waals surface area contributed by atoms with Gasteiger partial charge in [0.05, 0.1) is 16.1 Å². The Labute approximate surface area is 154 Å². The number of hydrogen-bond acceptors (Lipinski definition) is 5. The Morgan fingerprint density at radius 1 is 1.19 bits per heavy atom. The highest BCUT2D eigenvalue weighted by Gasteiger charge is 2.08. The topological polar surface area (TPSA) is 114 Å². The van der Waals surface area contributed by atoms with Crippen LogP contribution in [0.1, 0.15) is 29.8 Å². The van der Waals surface area contributed by atoms with Crippen LogP contribution in [0.2, 0.25) is 0 Å². The van der Waals surface area contributed by atoms with Crippen molar-refractivity contribution in [3.63, 3.8) is 0 Å². The highest BCUT2D eigenvalue weighted by Crippen LogP contribution is 2.11. The van der Waals surface area contributed by atoms with Crippen molar-refractivity contribution in [3.05, 3.63) is 53.9 Å². The van der Waals surface area contributed by atoms with Gasteiger partial charge in [-0.25, -0.2) is 13.6 Å². The summed E-state index contributed by atoms with van der Waals surface area (Å²) >= 11 is 0. The molecular formula is C18H24N4O3S. The molecule has 140 valence electrons. The van der Waals surface area contributed by atoms with E-state index in [0.29, 0.717) is 31.0 Å². The average Bonchev–Trinajstić information content (AvgIpc) is 2.59. The molecule has 1 aromatic carbocycles. The number of pyridine rings is 1. The van der Waals surface area contributed by atoms with Crippen LogP contribution in [0.25, 0.3) is 0 Å². The number of carbonyl (C=O) groups is 1. The maximum atomic E-state index is 12.1. The van der Waals surface area contributed by atoms with E-state index in [1.165, 1.54) is 18.3 Å². The Bertz CT molecular complexity index is 849. The third-order valence-electron chi connectivity index (χ3n) is 3.67. The number of anilines is 1. The summed E-state index contributed by atoms with van der Waals surface area (Å²) in [6.45, 7) is 5.30. The maximum absolute atomic E-state index is 12.1. The lowest BCUT2D eigenvalue weighted by molar-refractivity contribution is 0.0948. The molecule has 0 spiro atoms.